The van der Waals surface area contributed by atoms with E-state index >= 15 is 0 Å². The van der Waals surface area contributed by atoms with E-state index in [0.717, 1.165) is 11.1 Å². The molecule has 2 aromatic rings. The Bertz CT molecular complexity index is 772. The van der Waals surface area contributed by atoms with Gasteiger partial charge in [0.15, 0.2) is 0 Å². The Morgan fingerprint density at radius 3 is 2.39 bits per heavy atom. The first-order valence-corrected chi connectivity index (χ1v) is 8.84. The van der Waals surface area contributed by atoms with Crippen LogP contribution in [-0.2, 0) is 14.8 Å². The number of ether oxygens (including phenoxy) is 1. The normalized spacial score (nSPS) is 19.7. The summed E-state index contributed by atoms with van der Waals surface area (Å²) in [5.41, 5.74) is 1.72. The van der Waals surface area contributed by atoms with Gasteiger partial charge in [-0.15, -0.1) is 0 Å². The van der Waals surface area contributed by atoms with Gasteiger partial charge in [0.25, 0.3) is 0 Å². The molecule has 1 aliphatic rings. The first-order valence-electron chi connectivity index (χ1n) is 7.40. The SMILES string of the molecule is Cc1ccc(S(=O)(=O)N2CCOCC2c2ccc(F)cc2)cc1. The molecule has 6 heteroatoms. The fraction of sp³-hybridized carbons (Fsp3) is 0.294. The van der Waals surface area contributed by atoms with Crippen molar-refractivity contribution < 1.29 is 17.5 Å². The van der Waals surface area contributed by atoms with E-state index in [-0.39, 0.29) is 23.9 Å². The van der Waals surface area contributed by atoms with Crippen molar-refractivity contribution in [2.24, 2.45) is 0 Å². The summed E-state index contributed by atoms with van der Waals surface area (Å²) >= 11 is 0. The maximum absolute atomic E-state index is 13.1. The van der Waals surface area contributed by atoms with E-state index in [2.05, 4.69) is 0 Å². The molecule has 1 heterocycles. The van der Waals surface area contributed by atoms with Gasteiger partial charge in [-0.1, -0.05) is 29.8 Å². The monoisotopic (exact) mass is 335 g/mol. The second-order valence-electron chi connectivity index (χ2n) is 5.57. The molecule has 122 valence electrons. The van der Waals surface area contributed by atoms with Crippen LogP contribution in [0.4, 0.5) is 4.39 Å². The molecular weight excluding hydrogens is 317 g/mol. The van der Waals surface area contributed by atoms with Crippen molar-refractivity contribution in [3.8, 4) is 0 Å². The third kappa shape index (κ3) is 3.29. The Balaban J connectivity index is 1.97. The molecule has 0 saturated carbocycles. The van der Waals surface area contributed by atoms with Crippen LogP contribution in [0.15, 0.2) is 53.4 Å². The second kappa shape index (κ2) is 6.39. The van der Waals surface area contributed by atoms with Crippen molar-refractivity contribution in [3.63, 3.8) is 0 Å². The molecule has 0 N–H and O–H groups in total. The fourth-order valence-corrected chi connectivity index (χ4v) is 4.25. The summed E-state index contributed by atoms with van der Waals surface area (Å²) in [5.74, 6) is -0.349. The quantitative estimate of drug-likeness (QED) is 0.866. The number of rotatable bonds is 3. The molecule has 0 aliphatic carbocycles. The van der Waals surface area contributed by atoms with Crippen molar-refractivity contribution in [1.82, 2.24) is 4.31 Å². The summed E-state index contributed by atoms with van der Waals surface area (Å²) in [7, 11) is -3.63. The van der Waals surface area contributed by atoms with Crippen LogP contribution >= 0.6 is 0 Å². The number of hydrogen-bond acceptors (Lipinski definition) is 3. The number of halogens is 1. The Hall–Kier alpha value is -1.76. The standard InChI is InChI=1S/C17H18FNO3S/c1-13-2-8-16(9-3-13)23(20,21)19-10-11-22-12-17(19)14-4-6-15(18)7-5-14/h2-9,17H,10-12H2,1H3. The average molecular weight is 335 g/mol. The first-order chi connectivity index (χ1) is 11.0. The van der Waals surface area contributed by atoms with Crippen molar-refractivity contribution in [2.45, 2.75) is 17.9 Å². The highest BCUT2D eigenvalue weighted by Gasteiger charge is 2.34. The summed E-state index contributed by atoms with van der Waals surface area (Å²) < 4.78 is 45.9. The van der Waals surface area contributed by atoms with Crippen LogP contribution in [0.25, 0.3) is 0 Å². The van der Waals surface area contributed by atoms with Gasteiger partial charge < -0.3 is 4.74 Å². The van der Waals surface area contributed by atoms with E-state index in [1.165, 1.54) is 16.4 Å². The Morgan fingerprint density at radius 2 is 1.74 bits per heavy atom. The molecule has 0 bridgehead atoms. The highest BCUT2D eigenvalue weighted by molar-refractivity contribution is 7.89. The lowest BCUT2D eigenvalue weighted by atomic mass is 10.1. The molecule has 1 atom stereocenters. The lowest BCUT2D eigenvalue weighted by Crippen LogP contribution is -2.43. The molecule has 0 spiro atoms. The van der Waals surface area contributed by atoms with Crippen LogP contribution in [0.2, 0.25) is 0 Å². The summed E-state index contributed by atoms with van der Waals surface area (Å²) in [5, 5.41) is 0. The van der Waals surface area contributed by atoms with Crippen LogP contribution in [0.5, 0.6) is 0 Å². The zero-order valence-corrected chi connectivity index (χ0v) is 13.6. The molecule has 0 radical (unpaired) electrons. The zero-order valence-electron chi connectivity index (χ0n) is 12.8. The lowest BCUT2D eigenvalue weighted by molar-refractivity contribution is 0.0320. The molecule has 1 aliphatic heterocycles. The third-order valence-corrected chi connectivity index (χ3v) is 5.88. The Labute approximate surface area is 135 Å². The topological polar surface area (TPSA) is 46.6 Å². The van der Waals surface area contributed by atoms with E-state index < -0.39 is 16.1 Å². The van der Waals surface area contributed by atoms with Gasteiger partial charge in [0.05, 0.1) is 24.2 Å². The minimum absolute atomic E-state index is 0.261. The Morgan fingerprint density at radius 1 is 1.09 bits per heavy atom. The number of hydrogen-bond donors (Lipinski definition) is 0. The summed E-state index contributed by atoms with van der Waals surface area (Å²) in [6, 6.07) is 12.2. The predicted octanol–water partition coefficient (Wildman–Crippen LogP) is 2.90. The van der Waals surface area contributed by atoms with Crippen LogP contribution in [0.3, 0.4) is 0 Å². The maximum Gasteiger partial charge on any atom is 0.243 e. The van der Waals surface area contributed by atoms with Crippen LogP contribution < -0.4 is 0 Å². The van der Waals surface area contributed by atoms with Gasteiger partial charge in [-0.05, 0) is 36.8 Å². The number of morpholine rings is 1. The van der Waals surface area contributed by atoms with Gasteiger partial charge in [-0.2, -0.15) is 4.31 Å². The summed E-state index contributed by atoms with van der Waals surface area (Å²) in [6.07, 6.45) is 0. The molecule has 0 amide bonds. The van der Waals surface area contributed by atoms with Crippen LogP contribution in [0.1, 0.15) is 17.2 Å². The number of benzene rings is 2. The number of nitrogens with zero attached hydrogens (tertiary/aromatic N) is 1. The number of sulfonamides is 1. The van der Waals surface area contributed by atoms with Gasteiger partial charge >= 0.3 is 0 Å². The summed E-state index contributed by atoms with van der Waals surface area (Å²) in [6.45, 7) is 2.80. The highest BCUT2D eigenvalue weighted by Crippen LogP contribution is 2.30. The molecule has 23 heavy (non-hydrogen) atoms. The molecule has 1 unspecified atom stereocenters. The lowest BCUT2D eigenvalue weighted by Gasteiger charge is -2.34. The number of aryl methyl sites for hydroxylation is 1. The van der Waals surface area contributed by atoms with Crippen molar-refractivity contribution in [1.29, 1.82) is 0 Å². The molecule has 1 fully saturated rings. The van der Waals surface area contributed by atoms with Crippen molar-refractivity contribution >= 4 is 10.0 Å². The molecular formula is C17H18FNO3S. The van der Waals surface area contributed by atoms with E-state index in [1.807, 2.05) is 6.92 Å². The third-order valence-electron chi connectivity index (χ3n) is 3.96. The van der Waals surface area contributed by atoms with E-state index in [4.69, 9.17) is 4.74 Å². The van der Waals surface area contributed by atoms with E-state index in [0.29, 0.717) is 6.61 Å². The van der Waals surface area contributed by atoms with Gasteiger partial charge in [0.2, 0.25) is 10.0 Å². The minimum atomic E-state index is -3.63. The first kappa shape index (κ1) is 16.1. The maximum atomic E-state index is 13.1. The average Bonchev–Trinajstić information content (AvgIpc) is 2.56. The molecule has 1 saturated heterocycles. The van der Waals surface area contributed by atoms with Crippen LogP contribution in [-0.4, -0.2) is 32.5 Å². The molecule has 0 aromatic heterocycles. The van der Waals surface area contributed by atoms with E-state index in [9.17, 15) is 12.8 Å². The molecule has 4 nitrogen and oxygen atoms in total. The van der Waals surface area contributed by atoms with Gasteiger partial charge in [0, 0.05) is 6.54 Å². The second-order valence-corrected chi connectivity index (χ2v) is 7.46. The van der Waals surface area contributed by atoms with Gasteiger partial charge in [-0.3, -0.25) is 0 Å². The highest BCUT2D eigenvalue weighted by atomic mass is 32.2. The minimum Gasteiger partial charge on any atom is -0.378 e. The smallest absolute Gasteiger partial charge is 0.243 e. The van der Waals surface area contributed by atoms with Gasteiger partial charge in [0.1, 0.15) is 5.82 Å². The zero-order chi connectivity index (χ0) is 16.4. The van der Waals surface area contributed by atoms with Crippen molar-refractivity contribution in [2.75, 3.05) is 19.8 Å². The fourth-order valence-electron chi connectivity index (χ4n) is 2.67. The Kier molecular flexibility index (Phi) is 4.48. The molecule has 2 aromatic carbocycles. The molecule has 3 rings (SSSR count). The van der Waals surface area contributed by atoms with Crippen molar-refractivity contribution in [3.05, 3.63) is 65.5 Å². The predicted molar refractivity (Wildman–Crippen MR) is 85.0 cm³/mol. The van der Waals surface area contributed by atoms with E-state index in [1.54, 1.807) is 36.4 Å². The van der Waals surface area contributed by atoms with Gasteiger partial charge in [-0.25, -0.2) is 12.8 Å². The summed E-state index contributed by atoms with van der Waals surface area (Å²) in [4.78, 5) is 0.261. The largest absolute Gasteiger partial charge is 0.378 e. The van der Waals surface area contributed by atoms with Crippen LogP contribution in [0, 0.1) is 12.7 Å².